The first-order valence-electron chi connectivity index (χ1n) is 4.75. The summed E-state index contributed by atoms with van der Waals surface area (Å²) in [5.41, 5.74) is 1.12. The van der Waals surface area contributed by atoms with Crippen molar-refractivity contribution in [1.29, 1.82) is 0 Å². The lowest BCUT2D eigenvalue weighted by atomic mass is 10.2. The van der Waals surface area contributed by atoms with E-state index in [0.717, 1.165) is 12.2 Å². The lowest BCUT2D eigenvalue weighted by Crippen LogP contribution is -2.21. The predicted molar refractivity (Wildman–Crippen MR) is 61.0 cm³/mol. The van der Waals surface area contributed by atoms with Gasteiger partial charge in [0.15, 0.2) is 0 Å². The van der Waals surface area contributed by atoms with E-state index in [1.54, 1.807) is 12.1 Å². The molecule has 4 heteroatoms. The highest BCUT2D eigenvalue weighted by Crippen LogP contribution is 2.19. The van der Waals surface area contributed by atoms with E-state index in [-0.39, 0.29) is 10.6 Å². The Morgan fingerprint density at radius 2 is 1.87 bits per heavy atom. The van der Waals surface area contributed by atoms with E-state index in [2.05, 4.69) is 18.7 Å². The molecular formula is C11H15N2O2. The summed E-state index contributed by atoms with van der Waals surface area (Å²) >= 11 is 0. The Morgan fingerprint density at radius 1 is 1.33 bits per heavy atom. The fourth-order valence-corrected chi connectivity index (χ4v) is 1.39. The average Bonchev–Trinajstić information content (AvgIpc) is 2.17. The van der Waals surface area contributed by atoms with Crippen LogP contribution in [0.4, 0.5) is 11.4 Å². The highest BCUT2D eigenvalue weighted by atomic mass is 16.6. The molecule has 1 radical (unpaired) electrons. The van der Waals surface area contributed by atoms with E-state index in [1.807, 2.05) is 7.05 Å². The van der Waals surface area contributed by atoms with Gasteiger partial charge in [-0.1, -0.05) is 13.8 Å². The van der Waals surface area contributed by atoms with Crippen LogP contribution >= 0.6 is 0 Å². The molecule has 1 aromatic carbocycles. The predicted octanol–water partition coefficient (Wildman–Crippen LogP) is 2.65. The third kappa shape index (κ3) is 3.23. The number of hydrogen-bond donors (Lipinski definition) is 0. The zero-order chi connectivity index (χ0) is 11.4. The summed E-state index contributed by atoms with van der Waals surface area (Å²) < 4.78 is 0. The molecule has 0 aliphatic heterocycles. The first-order valence-corrected chi connectivity index (χ1v) is 4.75. The van der Waals surface area contributed by atoms with Crippen LogP contribution in [0.25, 0.3) is 0 Å². The fourth-order valence-electron chi connectivity index (χ4n) is 1.39. The van der Waals surface area contributed by atoms with E-state index in [1.165, 1.54) is 18.1 Å². The van der Waals surface area contributed by atoms with Crippen molar-refractivity contribution in [2.24, 2.45) is 0 Å². The van der Waals surface area contributed by atoms with Crippen LogP contribution in [-0.4, -0.2) is 18.5 Å². The molecule has 1 aromatic rings. The van der Waals surface area contributed by atoms with Crippen LogP contribution in [0.1, 0.15) is 13.8 Å². The molecule has 0 N–H and O–H groups in total. The molecule has 1 rings (SSSR count). The van der Waals surface area contributed by atoms with Gasteiger partial charge in [0.2, 0.25) is 0 Å². The Balaban J connectivity index is 2.75. The van der Waals surface area contributed by atoms with Crippen LogP contribution in [-0.2, 0) is 0 Å². The zero-order valence-corrected chi connectivity index (χ0v) is 9.23. The number of rotatable bonds is 4. The van der Waals surface area contributed by atoms with Crippen molar-refractivity contribution in [3.63, 3.8) is 0 Å². The number of non-ortho nitro benzene ring substituents is 1. The Bertz CT molecular complexity index is 333. The third-order valence-corrected chi connectivity index (χ3v) is 2.05. The number of nitro groups is 1. The van der Waals surface area contributed by atoms with Gasteiger partial charge < -0.3 is 4.90 Å². The Labute approximate surface area is 89.7 Å². The van der Waals surface area contributed by atoms with Crippen LogP contribution in [0.15, 0.2) is 24.3 Å². The van der Waals surface area contributed by atoms with Crippen molar-refractivity contribution in [3.05, 3.63) is 40.3 Å². The second-order valence-electron chi connectivity index (χ2n) is 3.84. The van der Waals surface area contributed by atoms with Crippen LogP contribution < -0.4 is 4.90 Å². The molecule has 0 heterocycles. The summed E-state index contributed by atoms with van der Waals surface area (Å²) in [6.45, 7) is 4.97. The normalized spacial score (nSPS) is 10.4. The van der Waals surface area contributed by atoms with Crippen molar-refractivity contribution in [2.75, 3.05) is 18.5 Å². The van der Waals surface area contributed by atoms with Gasteiger partial charge in [0, 0.05) is 31.4 Å². The largest absolute Gasteiger partial charge is 0.374 e. The second-order valence-corrected chi connectivity index (χ2v) is 3.84. The standard InChI is InChI=1S/C11H15N2O2/c1-9(2)8-12(3)10-4-6-11(7-5-10)13(14)15/h4-7H,8H2,1-3H3. The zero-order valence-electron chi connectivity index (χ0n) is 9.23. The van der Waals surface area contributed by atoms with Gasteiger partial charge in [0.25, 0.3) is 5.69 Å². The molecule has 0 atom stereocenters. The molecule has 0 fully saturated rings. The minimum Gasteiger partial charge on any atom is -0.374 e. The van der Waals surface area contributed by atoms with E-state index >= 15 is 0 Å². The van der Waals surface area contributed by atoms with Crippen LogP contribution in [0.2, 0.25) is 0 Å². The summed E-state index contributed by atoms with van der Waals surface area (Å²) in [4.78, 5) is 12.1. The number of hydrogen-bond acceptors (Lipinski definition) is 3. The van der Waals surface area contributed by atoms with Crippen molar-refractivity contribution in [3.8, 4) is 0 Å². The molecule has 81 valence electrons. The Kier molecular flexibility index (Phi) is 3.66. The fraction of sp³-hybridized carbons (Fsp3) is 0.364. The summed E-state index contributed by atoms with van der Waals surface area (Å²) in [5, 5.41) is 10.4. The lowest BCUT2D eigenvalue weighted by molar-refractivity contribution is -0.384. The topological polar surface area (TPSA) is 46.4 Å². The minimum absolute atomic E-state index is 0.129. The maximum atomic E-state index is 10.4. The van der Waals surface area contributed by atoms with E-state index in [9.17, 15) is 10.1 Å². The van der Waals surface area contributed by atoms with Gasteiger partial charge in [-0.2, -0.15) is 0 Å². The van der Waals surface area contributed by atoms with Gasteiger partial charge in [-0.05, 0) is 18.1 Å². The van der Waals surface area contributed by atoms with Crippen molar-refractivity contribution in [1.82, 2.24) is 0 Å². The molecule has 0 saturated carbocycles. The molecule has 0 aromatic heterocycles. The van der Waals surface area contributed by atoms with Gasteiger partial charge in [-0.25, -0.2) is 0 Å². The Hall–Kier alpha value is -1.58. The van der Waals surface area contributed by atoms with Gasteiger partial charge >= 0.3 is 0 Å². The van der Waals surface area contributed by atoms with Gasteiger partial charge in [0.05, 0.1) is 4.92 Å². The molecule has 0 unspecified atom stereocenters. The highest BCUT2D eigenvalue weighted by molar-refractivity contribution is 5.50. The number of nitrogens with zero attached hydrogens (tertiary/aromatic N) is 2. The molecule has 15 heavy (non-hydrogen) atoms. The molecule has 0 spiro atoms. The maximum absolute atomic E-state index is 10.4. The minimum atomic E-state index is -0.388. The summed E-state index contributed by atoms with van der Waals surface area (Å²) in [7, 11) is 1.97. The van der Waals surface area contributed by atoms with Crippen molar-refractivity contribution >= 4 is 11.4 Å². The van der Waals surface area contributed by atoms with Crippen LogP contribution in [0.3, 0.4) is 0 Å². The van der Waals surface area contributed by atoms with E-state index in [4.69, 9.17) is 0 Å². The van der Waals surface area contributed by atoms with Crippen LogP contribution in [0, 0.1) is 16.0 Å². The SMILES string of the molecule is C[C](C)CN(C)c1ccc([N+](=O)[O-])cc1. The number of nitro benzene ring substituents is 1. The molecule has 4 nitrogen and oxygen atoms in total. The smallest absolute Gasteiger partial charge is 0.269 e. The van der Waals surface area contributed by atoms with Crippen molar-refractivity contribution in [2.45, 2.75) is 13.8 Å². The lowest BCUT2D eigenvalue weighted by Gasteiger charge is -2.20. The first-order chi connectivity index (χ1) is 7.00. The molecule has 0 aliphatic rings. The Morgan fingerprint density at radius 3 is 2.27 bits per heavy atom. The average molecular weight is 207 g/mol. The monoisotopic (exact) mass is 207 g/mol. The number of benzene rings is 1. The maximum Gasteiger partial charge on any atom is 0.269 e. The molecule has 0 bridgehead atoms. The van der Waals surface area contributed by atoms with E-state index < -0.39 is 0 Å². The number of anilines is 1. The van der Waals surface area contributed by atoms with Crippen molar-refractivity contribution < 1.29 is 4.92 Å². The van der Waals surface area contributed by atoms with Gasteiger partial charge in [0.1, 0.15) is 0 Å². The summed E-state index contributed by atoms with van der Waals surface area (Å²) in [5.74, 6) is 1.30. The first kappa shape index (κ1) is 11.5. The molecule has 0 aliphatic carbocycles. The van der Waals surface area contributed by atoms with E-state index in [0.29, 0.717) is 0 Å². The molecule has 0 amide bonds. The summed E-state index contributed by atoms with van der Waals surface area (Å²) in [6.07, 6.45) is 0. The molecular weight excluding hydrogens is 192 g/mol. The summed E-state index contributed by atoms with van der Waals surface area (Å²) in [6, 6.07) is 6.58. The van der Waals surface area contributed by atoms with Gasteiger partial charge in [-0.15, -0.1) is 0 Å². The van der Waals surface area contributed by atoms with Gasteiger partial charge in [-0.3, -0.25) is 10.1 Å². The second kappa shape index (κ2) is 4.77. The quantitative estimate of drug-likeness (QED) is 0.563. The highest BCUT2D eigenvalue weighted by Gasteiger charge is 2.07. The van der Waals surface area contributed by atoms with Crippen LogP contribution in [0.5, 0.6) is 0 Å². The molecule has 0 saturated heterocycles. The third-order valence-electron chi connectivity index (χ3n) is 2.05.